The maximum Gasteiger partial charge on any atom is 0.325 e. The van der Waals surface area contributed by atoms with Crippen LogP contribution >= 0.6 is 11.3 Å². The van der Waals surface area contributed by atoms with E-state index in [4.69, 9.17) is 9.47 Å². The van der Waals surface area contributed by atoms with Gasteiger partial charge in [0.2, 0.25) is 0 Å². The number of nitrogens with zero attached hydrogens (tertiary/aromatic N) is 1. The summed E-state index contributed by atoms with van der Waals surface area (Å²) in [5.41, 5.74) is 0.822. The van der Waals surface area contributed by atoms with Crippen LogP contribution in [0.1, 0.15) is 6.92 Å². The molecular weight excluding hydrogens is 444 g/mol. The summed E-state index contributed by atoms with van der Waals surface area (Å²) < 4.78 is 38.2. The molecule has 10 nitrogen and oxygen atoms in total. The molecular formula is C19H20N4O6S2. The zero-order chi connectivity index (χ0) is 22.4. The summed E-state index contributed by atoms with van der Waals surface area (Å²) in [6.45, 7) is 1.62. The van der Waals surface area contributed by atoms with Crippen LogP contribution in [0.25, 0.3) is 10.2 Å². The average Bonchev–Trinajstić information content (AvgIpc) is 3.14. The molecule has 0 unspecified atom stereocenters. The topological polar surface area (TPSA) is 136 Å². The Morgan fingerprint density at radius 2 is 1.90 bits per heavy atom. The molecule has 1 heterocycles. The van der Waals surface area contributed by atoms with Crippen molar-refractivity contribution >= 4 is 54.4 Å². The van der Waals surface area contributed by atoms with Gasteiger partial charge in [0.05, 0.1) is 23.3 Å². The largest absolute Gasteiger partial charge is 0.494 e. The number of anilines is 2. The number of nitrogens with one attached hydrogen (secondary N) is 3. The van der Waals surface area contributed by atoms with Crippen molar-refractivity contribution in [1.82, 2.24) is 10.3 Å². The Balaban J connectivity index is 1.79. The third-order valence-electron chi connectivity index (χ3n) is 3.91. The fourth-order valence-electron chi connectivity index (χ4n) is 2.58. The molecule has 2 aromatic carbocycles. The first-order chi connectivity index (χ1) is 14.8. The first kappa shape index (κ1) is 22.3. The average molecular weight is 465 g/mol. The number of carbonyl (C=O) groups excluding carboxylic acids is 2. The van der Waals surface area contributed by atoms with Gasteiger partial charge in [-0.2, -0.15) is 0 Å². The molecule has 0 bridgehead atoms. The Morgan fingerprint density at radius 1 is 1.16 bits per heavy atom. The van der Waals surface area contributed by atoms with Gasteiger partial charge in [-0.25, -0.2) is 18.2 Å². The third kappa shape index (κ3) is 5.61. The standard InChI is InChI=1S/C19H20N4O6S2/c1-3-29-16(24)11-20-18(25)21-12-9-14(28-2)17-15(10-12)30-19(22-17)23-31(26,27)13-7-5-4-6-8-13/h4-10H,3,11H2,1-2H3,(H,22,23)(H2,20,21,25). The lowest BCUT2D eigenvalue weighted by atomic mass is 10.2. The first-order valence-corrected chi connectivity index (χ1v) is 11.4. The molecule has 0 radical (unpaired) electrons. The number of ether oxygens (including phenoxy) is 2. The molecule has 0 atom stereocenters. The summed E-state index contributed by atoms with van der Waals surface area (Å²) in [4.78, 5) is 27.8. The Hall–Kier alpha value is -3.38. The number of sulfonamides is 1. The molecule has 0 aliphatic heterocycles. The number of methoxy groups -OCH3 is 1. The Kier molecular flexibility index (Phi) is 6.92. The number of carbonyl (C=O) groups is 2. The molecule has 31 heavy (non-hydrogen) atoms. The summed E-state index contributed by atoms with van der Waals surface area (Å²) >= 11 is 1.09. The molecule has 12 heteroatoms. The van der Waals surface area contributed by atoms with Gasteiger partial charge in [0.15, 0.2) is 5.13 Å². The highest BCUT2D eigenvalue weighted by molar-refractivity contribution is 7.93. The minimum absolute atomic E-state index is 0.113. The molecule has 0 saturated carbocycles. The number of benzene rings is 2. The molecule has 0 saturated heterocycles. The van der Waals surface area contributed by atoms with Crippen molar-refractivity contribution in [1.29, 1.82) is 0 Å². The minimum Gasteiger partial charge on any atom is -0.494 e. The van der Waals surface area contributed by atoms with E-state index in [0.717, 1.165) is 11.3 Å². The smallest absolute Gasteiger partial charge is 0.325 e. The van der Waals surface area contributed by atoms with E-state index in [2.05, 4.69) is 20.3 Å². The highest BCUT2D eigenvalue weighted by atomic mass is 32.2. The van der Waals surface area contributed by atoms with Gasteiger partial charge in [0.1, 0.15) is 17.8 Å². The molecule has 2 amide bonds. The number of amides is 2. The summed E-state index contributed by atoms with van der Waals surface area (Å²) in [6, 6.07) is 10.5. The van der Waals surface area contributed by atoms with Crippen molar-refractivity contribution < 1.29 is 27.5 Å². The van der Waals surface area contributed by atoms with Gasteiger partial charge in [0, 0.05) is 11.8 Å². The molecule has 0 aliphatic rings. The monoisotopic (exact) mass is 464 g/mol. The Bertz CT molecular complexity index is 1190. The quantitative estimate of drug-likeness (QED) is 0.436. The maximum absolute atomic E-state index is 12.5. The molecule has 1 aromatic heterocycles. The summed E-state index contributed by atoms with van der Waals surface area (Å²) in [5, 5.41) is 5.13. The second-order valence-electron chi connectivity index (χ2n) is 6.08. The first-order valence-electron chi connectivity index (χ1n) is 9.09. The highest BCUT2D eigenvalue weighted by Crippen LogP contribution is 2.36. The normalized spacial score (nSPS) is 11.0. The van der Waals surface area contributed by atoms with Crippen LogP contribution in [0.2, 0.25) is 0 Å². The van der Waals surface area contributed by atoms with Crippen LogP contribution < -0.4 is 20.1 Å². The van der Waals surface area contributed by atoms with Gasteiger partial charge in [-0.15, -0.1) is 0 Å². The van der Waals surface area contributed by atoms with Crippen molar-refractivity contribution in [2.75, 3.05) is 30.3 Å². The van der Waals surface area contributed by atoms with E-state index in [1.807, 2.05) is 0 Å². The molecule has 3 rings (SSSR count). The minimum atomic E-state index is -3.80. The summed E-state index contributed by atoms with van der Waals surface area (Å²) in [7, 11) is -2.36. The van der Waals surface area contributed by atoms with Gasteiger partial charge in [-0.1, -0.05) is 29.5 Å². The summed E-state index contributed by atoms with van der Waals surface area (Å²) in [6.07, 6.45) is 0. The molecule has 3 aromatic rings. The molecule has 0 spiro atoms. The Labute approximate surface area is 182 Å². The number of fused-ring (bicyclic) bond motifs is 1. The van der Waals surface area contributed by atoms with Crippen molar-refractivity contribution in [3.63, 3.8) is 0 Å². The van der Waals surface area contributed by atoms with E-state index < -0.39 is 22.0 Å². The van der Waals surface area contributed by atoms with E-state index in [1.54, 1.807) is 37.3 Å². The number of thiazole rings is 1. The van der Waals surface area contributed by atoms with E-state index in [1.165, 1.54) is 19.2 Å². The zero-order valence-electron chi connectivity index (χ0n) is 16.7. The van der Waals surface area contributed by atoms with Crippen LogP contribution in [0.4, 0.5) is 15.6 Å². The predicted molar refractivity (Wildman–Crippen MR) is 117 cm³/mol. The number of hydrogen-bond acceptors (Lipinski definition) is 8. The fourth-order valence-corrected chi connectivity index (χ4v) is 4.76. The molecule has 0 fully saturated rings. The SMILES string of the molecule is CCOC(=O)CNC(=O)Nc1cc(OC)c2nc(NS(=O)(=O)c3ccccc3)sc2c1. The molecule has 0 aliphatic carbocycles. The van der Waals surface area contributed by atoms with Crippen LogP contribution in [0, 0.1) is 0 Å². The molecule has 164 valence electrons. The van der Waals surface area contributed by atoms with Gasteiger partial charge < -0.3 is 20.1 Å². The van der Waals surface area contributed by atoms with E-state index >= 15 is 0 Å². The highest BCUT2D eigenvalue weighted by Gasteiger charge is 2.18. The second kappa shape index (κ2) is 9.62. The van der Waals surface area contributed by atoms with Crippen LogP contribution in [0.5, 0.6) is 5.75 Å². The van der Waals surface area contributed by atoms with E-state index in [9.17, 15) is 18.0 Å². The predicted octanol–water partition coefficient (Wildman–Crippen LogP) is 2.79. The molecule has 3 N–H and O–H groups in total. The van der Waals surface area contributed by atoms with E-state index in [0.29, 0.717) is 21.7 Å². The number of urea groups is 1. The number of aromatic nitrogens is 1. The van der Waals surface area contributed by atoms with Crippen molar-refractivity contribution in [2.24, 2.45) is 0 Å². The van der Waals surface area contributed by atoms with Gasteiger partial charge >= 0.3 is 12.0 Å². The van der Waals surface area contributed by atoms with E-state index in [-0.39, 0.29) is 23.2 Å². The zero-order valence-corrected chi connectivity index (χ0v) is 18.3. The lowest BCUT2D eigenvalue weighted by Crippen LogP contribution is -2.34. The van der Waals surface area contributed by atoms with Gasteiger partial charge in [0.25, 0.3) is 10.0 Å². The second-order valence-corrected chi connectivity index (χ2v) is 8.79. The van der Waals surface area contributed by atoms with Crippen LogP contribution in [0.3, 0.4) is 0 Å². The lowest BCUT2D eigenvalue weighted by Gasteiger charge is -2.09. The number of rotatable bonds is 8. The van der Waals surface area contributed by atoms with Gasteiger partial charge in [-0.3, -0.25) is 9.52 Å². The van der Waals surface area contributed by atoms with Crippen LogP contribution in [0.15, 0.2) is 47.4 Å². The maximum atomic E-state index is 12.5. The van der Waals surface area contributed by atoms with Crippen LogP contribution in [-0.2, 0) is 19.6 Å². The fraction of sp³-hybridized carbons (Fsp3) is 0.211. The van der Waals surface area contributed by atoms with Crippen molar-refractivity contribution in [2.45, 2.75) is 11.8 Å². The third-order valence-corrected chi connectivity index (χ3v) is 6.31. The van der Waals surface area contributed by atoms with Crippen molar-refractivity contribution in [3.8, 4) is 5.75 Å². The number of esters is 1. The van der Waals surface area contributed by atoms with Crippen molar-refractivity contribution in [3.05, 3.63) is 42.5 Å². The number of hydrogen-bond donors (Lipinski definition) is 3. The summed E-state index contributed by atoms with van der Waals surface area (Å²) in [5.74, 6) is -0.205. The van der Waals surface area contributed by atoms with Gasteiger partial charge in [-0.05, 0) is 25.1 Å². The van der Waals surface area contributed by atoms with Crippen LogP contribution in [-0.4, -0.2) is 45.7 Å². The lowest BCUT2D eigenvalue weighted by molar-refractivity contribution is -0.141. The Morgan fingerprint density at radius 3 is 2.58 bits per heavy atom.